The van der Waals surface area contributed by atoms with E-state index >= 15 is 0 Å². The first-order valence-corrected chi connectivity index (χ1v) is 11.0. The Balaban J connectivity index is 0.000000884. The lowest BCUT2D eigenvalue weighted by molar-refractivity contribution is -0.111. The zero-order valence-electron chi connectivity index (χ0n) is 19.1. The Kier molecular flexibility index (Phi) is 12.7. The molecule has 2 aromatic heterocycles. The molecule has 31 heavy (non-hydrogen) atoms. The molecule has 1 atom stereocenters. The molecule has 0 amide bonds. The van der Waals surface area contributed by atoms with Crippen molar-refractivity contribution in [1.29, 1.82) is 0 Å². The highest BCUT2D eigenvalue weighted by Gasteiger charge is 2.20. The van der Waals surface area contributed by atoms with Crippen molar-refractivity contribution in [2.45, 2.75) is 58.4 Å². The first-order valence-electron chi connectivity index (χ1n) is 11.0. The van der Waals surface area contributed by atoms with Gasteiger partial charge >= 0.3 is 0 Å². The molecular weight excluding hydrogens is 390 g/mol. The van der Waals surface area contributed by atoms with Crippen molar-refractivity contribution in [3.8, 4) is 0 Å². The van der Waals surface area contributed by atoms with Gasteiger partial charge in [-0.25, -0.2) is 4.98 Å². The Morgan fingerprint density at radius 2 is 1.71 bits per heavy atom. The van der Waals surface area contributed by atoms with Gasteiger partial charge in [-0.15, -0.1) is 0 Å². The predicted octanol–water partition coefficient (Wildman–Crippen LogP) is 4.68. The summed E-state index contributed by atoms with van der Waals surface area (Å²) in [5.41, 5.74) is 2.94. The van der Waals surface area contributed by atoms with Crippen molar-refractivity contribution in [3.63, 3.8) is 0 Å². The fraction of sp³-hybridized carbons (Fsp3) is 0.440. The van der Waals surface area contributed by atoms with Crippen LogP contribution >= 0.6 is 0 Å². The van der Waals surface area contributed by atoms with Crippen LogP contribution in [-0.2, 0) is 20.8 Å². The Morgan fingerprint density at radius 1 is 1.00 bits per heavy atom. The zero-order valence-corrected chi connectivity index (χ0v) is 19.1. The maximum Gasteiger partial charge on any atom is 0.142 e. The average Bonchev–Trinajstić information content (AvgIpc) is 3.14. The van der Waals surface area contributed by atoms with E-state index in [4.69, 9.17) is 0 Å². The van der Waals surface area contributed by atoms with Gasteiger partial charge in [0.05, 0.1) is 11.6 Å². The van der Waals surface area contributed by atoms with Crippen molar-refractivity contribution in [2.24, 2.45) is 0 Å². The van der Waals surface area contributed by atoms with Gasteiger partial charge in [0, 0.05) is 29.8 Å². The van der Waals surface area contributed by atoms with Gasteiger partial charge in [-0.3, -0.25) is 0 Å². The molecular formula is C25H35N3O3. The molecule has 0 spiro atoms. The van der Waals surface area contributed by atoms with Gasteiger partial charge in [-0.1, -0.05) is 26.0 Å². The van der Waals surface area contributed by atoms with Crippen molar-refractivity contribution < 1.29 is 14.4 Å². The number of carbonyl (C=O) groups is 3. The summed E-state index contributed by atoms with van der Waals surface area (Å²) in [4.78, 5) is 37.6. The number of hydrogen-bond donors (Lipinski definition) is 1. The summed E-state index contributed by atoms with van der Waals surface area (Å²) in [6.45, 7) is 4.00. The van der Waals surface area contributed by atoms with Gasteiger partial charge in [0.2, 0.25) is 0 Å². The Bertz CT molecular complexity index is 950. The molecule has 1 unspecified atom stereocenters. The molecule has 0 radical (unpaired) electrons. The lowest BCUT2D eigenvalue weighted by Crippen LogP contribution is -2.11. The molecule has 6 nitrogen and oxygen atoms in total. The maximum atomic E-state index is 11.7. The first kappa shape index (κ1) is 26.2. The first-order chi connectivity index (χ1) is 15.2. The lowest BCUT2D eigenvalue weighted by atomic mass is 10.0. The van der Waals surface area contributed by atoms with Crippen molar-refractivity contribution in [3.05, 3.63) is 42.1 Å². The van der Waals surface area contributed by atoms with E-state index < -0.39 is 6.04 Å². The number of benzene rings is 1. The molecule has 0 aliphatic rings. The molecule has 168 valence electrons. The van der Waals surface area contributed by atoms with Crippen molar-refractivity contribution >= 4 is 40.8 Å². The SMILES string of the molecule is CC.CNC.O=CCCCCc1cccc2c1c1cccnc1n2C(C=O)CCC=O. The normalized spacial score (nSPS) is 11.1. The highest BCUT2D eigenvalue weighted by molar-refractivity contribution is 6.09. The average molecular weight is 426 g/mol. The van der Waals surface area contributed by atoms with Gasteiger partial charge < -0.3 is 24.3 Å². The fourth-order valence-electron chi connectivity index (χ4n) is 3.58. The van der Waals surface area contributed by atoms with Crippen LogP contribution in [0, 0.1) is 0 Å². The minimum Gasteiger partial charge on any atom is -0.323 e. The largest absolute Gasteiger partial charge is 0.323 e. The van der Waals surface area contributed by atoms with E-state index in [0.29, 0.717) is 19.3 Å². The van der Waals surface area contributed by atoms with Crippen LogP contribution in [0.25, 0.3) is 21.9 Å². The summed E-state index contributed by atoms with van der Waals surface area (Å²) in [6, 6.07) is 9.60. The number of hydrogen-bond acceptors (Lipinski definition) is 5. The number of rotatable bonds is 10. The van der Waals surface area contributed by atoms with Gasteiger partial charge in [-0.05, 0) is 63.5 Å². The number of nitrogens with one attached hydrogen (secondary N) is 1. The van der Waals surface area contributed by atoms with Crippen LogP contribution in [0.3, 0.4) is 0 Å². The van der Waals surface area contributed by atoms with Crippen molar-refractivity contribution in [2.75, 3.05) is 14.1 Å². The molecule has 3 aromatic rings. The molecule has 0 aliphatic carbocycles. The van der Waals surface area contributed by atoms with Crippen LogP contribution in [0.15, 0.2) is 36.5 Å². The minimum atomic E-state index is -0.416. The Hall–Kier alpha value is -2.86. The smallest absolute Gasteiger partial charge is 0.142 e. The summed E-state index contributed by atoms with van der Waals surface area (Å²) in [5, 5.41) is 4.88. The molecule has 1 aromatic carbocycles. The monoisotopic (exact) mass is 425 g/mol. The van der Waals surface area contributed by atoms with E-state index in [1.165, 1.54) is 5.56 Å². The summed E-state index contributed by atoms with van der Waals surface area (Å²) in [6.07, 6.45) is 8.48. The van der Waals surface area contributed by atoms with Gasteiger partial charge in [0.1, 0.15) is 24.5 Å². The van der Waals surface area contributed by atoms with Gasteiger partial charge in [0.25, 0.3) is 0 Å². The Labute approximate surface area is 185 Å². The lowest BCUT2D eigenvalue weighted by Gasteiger charge is -2.14. The third-order valence-corrected chi connectivity index (χ3v) is 4.76. The molecule has 3 rings (SSSR count). The van der Waals surface area contributed by atoms with Gasteiger partial charge in [-0.2, -0.15) is 0 Å². The van der Waals surface area contributed by atoms with Crippen molar-refractivity contribution in [1.82, 2.24) is 14.9 Å². The summed E-state index contributed by atoms with van der Waals surface area (Å²) >= 11 is 0. The molecule has 6 heteroatoms. The number of nitrogens with zero attached hydrogens (tertiary/aromatic N) is 2. The molecule has 0 bridgehead atoms. The second-order valence-electron chi connectivity index (χ2n) is 6.92. The van der Waals surface area contributed by atoms with E-state index in [1.54, 1.807) is 6.20 Å². The van der Waals surface area contributed by atoms with E-state index in [1.807, 2.05) is 56.8 Å². The van der Waals surface area contributed by atoms with E-state index in [2.05, 4.69) is 16.4 Å². The third kappa shape index (κ3) is 6.82. The fourth-order valence-corrected chi connectivity index (χ4v) is 3.58. The quantitative estimate of drug-likeness (QED) is 0.377. The predicted molar refractivity (Wildman–Crippen MR) is 128 cm³/mol. The molecule has 0 aliphatic heterocycles. The van der Waals surface area contributed by atoms with Crippen LogP contribution < -0.4 is 5.32 Å². The summed E-state index contributed by atoms with van der Waals surface area (Å²) < 4.78 is 1.95. The number of aldehydes is 3. The number of pyridine rings is 1. The Morgan fingerprint density at radius 3 is 2.35 bits per heavy atom. The van der Waals surface area contributed by atoms with E-state index in [-0.39, 0.29) is 0 Å². The van der Waals surface area contributed by atoms with Crippen LogP contribution in [0.1, 0.15) is 57.6 Å². The topological polar surface area (TPSA) is 81.1 Å². The number of fused-ring (bicyclic) bond motifs is 3. The van der Waals surface area contributed by atoms with Gasteiger partial charge in [0.15, 0.2) is 0 Å². The second kappa shape index (κ2) is 15.0. The molecule has 0 fully saturated rings. The number of aromatic nitrogens is 2. The third-order valence-electron chi connectivity index (χ3n) is 4.76. The summed E-state index contributed by atoms with van der Waals surface area (Å²) in [7, 11) is 3.75. The highest BCUT2D eigenvalue weighted by Crippen LogP contribution is 2.34. The van der Waals surface area contributed by atoms with E-state index in [9.17, 15) is 14.4 Å². The van der Waals surface area contributed by atoms with E-state index in [0.717, 1.165) is 60.1 Å². The molecule has 0 saturated heterocycles. The molecule has 1 N–H and O–H groups in total. The van der Waals surface area contributed by atoms with Crippen LogP contribution in [-0.4, -0.2) is 42.5 Å². The number of unbranched alkanes of at least 4 members (excludes halogenated alkanes) is 2. The van der Waals surface area contributed by atoms with Crippen LogP contribution in [0.5, 0.6) is 0 Å². The highest BCUT2D eigenvalue weighted by atomic mass is 16.1. The summed E-state index contributed by atoms with van der Waals surface area (Å²) in [5.74, 6) is 0. The number of carbonyl (C=O) groups excluding carboxylic acids is 3. The maximum absolute atomic E-state index is 11.7. The minimum absolute atomic E-state index is 0.336. The standard InChI is InChI=1S/C21H22N2O3.C2H7N.C2H6/c24-13-3-1-2-7-16-8-4-11-19-20(16)18-10-5-12-22-21(18)23(19)17(15-26)9-6-14-25;1-3-2;1-2/h4-5,8,10-15,17H,1-3,6-7,9H2;3H,1-2H3;1-2H3. The molecule has 2 heterocycles. The number of aryl methyl sites for hydroxylation is 1. The zero-order chi connectivity index (χ0) is 23.1. The van der Waals surface area contributed by atoms with Crippen LogP contribution in [0.2, 0.25) is 0 Å². The van der Waals surface area contributed by atoms with Crippen LogP contribution in [0.4, 0.5) is 0 Å². The second-order valence-corrected chi connectivity index (χ2v) is 6.92. The molecule has 0 saturated carbocycles.